The van der Waals surface area contributed by atoms with Crippen molar-refractivity contribution in [3.8, 4) is 0 Å². The van der Waals surface area contributed by atoms with E-state index in [1.165, 1.54) is 16.8 Å². The van der Waals surface area contributed by atoms with Gasteiger partial charge in [0.2, 0.25) is 0 Å². The number of aromatic nitrogens is 2. The Bertz CT molecular complexity index is 534. The lowest BCUT2D eigenvalue weighted by atomic mass is 9.94. The van der Waals surface area contributed by atoms with Crippen LogP contribution in [0.1, 0.15) is 29.8 Å². The second kappa shape index (κ2) is 5.17. The summed E-state index contributed by atoms with van der Waals surface area (Å²) in [5.74, 6) is 0.618. The second-order valence-corrected chi connectivity index (χ2v) is 5.39. The Morgan fingerprint density at radius 1 is 1.26 bits per heavy atom. The molecule has 0 bridgehead atoms. The maximum Gasteiger partial charge on any atom is 0.0796 e. The van der Waals surface area contributed by atoms with Gasteiger partial charge in [-0.2, -0.15) is 5.10 Å². The molecule has 1 aromatic heterocycles. The molecular weight excluding hydrogens is 234 g/mol. The van der Waals surface area contributed by atoms with Gasteiger partial charge in [0.15, 0.2) is 0 Å². The first-order chi connectivity index (χ1) is 9.28. The molecule has 0 spiro atoms. The molecule has 3 heteroatoms. The molecule has 1 aliphatic carbocycles. The van der Waals surface area contributed by atoms with Crippen LogP contribution in [-0.2, 0) is 19.9 Å². The zero-order valence-corrected chi connectivity index (χ0v) is 11.6. The van der Waals surface area contributed by atoms with Crippen LogP contribution in [-0.4, -0.2) is 16.3 Å². The third-order valence-electron chi connectivity index (χ3n) is 4.03. The van der Waals surface area contributed by atoms with Gasteiger partial charge in [0, 0.05) is 13.2 Å². The fourth-order valence-corrected chi connectivity index (χ4v) is 3.16. The van der Waals surface area contributed by atoms with E-state index in [9.17, 15) is 0 Å². The molecule has 1 unspecified atom stereocenters. The Morgan fingerprint density at radius 2 is 1.95 bits per heavy atom. The molecular formula is C16H21N3. The van der Waals surface area contributed by atoms with E-state index < -0.39 is 0 Å². The van der Waals surface area contributed by atoms with Crippen LogP contribution in [0.15, 0.2) is 36.5 Å². The lowest BCUT2D eigenvalue weighted by molar-refractivity contribution is 0.371. The van der Waals surface area contributed by atoms with Gasteiger partial charge in [-0.05, 0) is 42.5 Å². The molecule has 0 saturated carbocycles. The van der Waals surface area contributed by atoms with Gasteiger partial charge in [0.05, 0.1) is 11.7 Å². The molecule has 3 nitrogen and oxygen atoms in total. The number of aryl methyl sites for hydroxylation is 1. The fourth-order valence-electron chi connectivity index (χ4n) is 3.16. The molecule has 1 atom stereocenters. The number of hydrogen-bond donors (Lipinski definition) is 1. The monoisotopic (exact) mass is 255 g/mol. The minimum atomic E-state index is 0.360. The first-order valence-corrected chi connectivity index (χ1v) is 7.07. The third-order valence-corrected chi connectivity index (χ3v) is 4.03. The summed E-state index contributed by atoms with van der Waals surface area (Å²) in [4.78, 5) is 0. The molecule has 19 heavy (non-hydrogen) atoms. The van der Waals surface area contributed by atoms with Gasteiger partial charge >= 0.3 is 0 Å². The topological polar surface area (TPSA) is 29.9 Å². The first-order valence-electron chi connectivity index (χ1n) is 7.07. The van der Waals surface area contributed by atoms with Crippen molar-refractivity contribution in [3.05, 3.63) is 53.3 Å². The first kappa shape index (κ1) is 12.4. The summed E-state index contributed by atoms with van der Waals surface area (Å²) in [6.45, 7) is 3.14. The summed E-state index contributed by atoms with van der Waals surface area (Å²) in [6, 6.07) is 11.3. The number of hydrogen-bond acceptors (Lipinski definition) is 2. The quantitative estimate of drug-likeness (QED) is 0.909. The molecule has 0 radical (unpaired) electrons. The minimum Gasteiger partial charge on any atom is -0.309 e. The van der Waals surface area contributed by atoms with Crippen LogP contribution in [0.5, 0.6) is 0 Å². The minimum absolute atomic E-state index is 0.360. The molecule has 0 saturated heterocycles. The maximum atomic E-state index is 4.59. The highest BCUT2D eigenvalue weighted by Gasteiger charge is 2.30. The number of fused-ring (bicyclic) bond motifs is 1. The van der Waals surface area contributed by atoms with Gasteiger partial charge in [-0.1, -0.05) is 31.2 Å². The third kappa shape index (κ3) is 2.43. The van der Waals surface area contributed by atoms with Crippen LogP contribution >= 0.6 is 0 Å². The van der Waals surface area contributed by atoms with Crippen molar-refractivity contribution >= 4 is 0 Å². The van der Waals surface area contributed by atoms with Crippen molar-refractivity contribution in [1.29, 1.82) is 0 Å². The maximum absolute atomic E-state index is 4.59. The van der Waals surface area contributed by atoms with Gasteiger partial charge in [0.25, 0.3) is 0 Å². The summed E-state index contributed by atoms with van der Waals surface area (Å²) in [5.41, 5.74) is 4.18. The van der Waals surface area contributed by atoms with Crippen molar-refractivity contribution in [2.24, 2.45) is 13.0 Å². The van der Waals surface area contributed by atoms with Crippen molar-refractivity contribution in [2.45, 2.75) is 25.8 Å². The lowest BCUT2D eigenvalue weighted by Gasteiger charge is -2.22. The van der Waals surface area contributed by atoms with Gasteiger partial charge < -0.3 is 5.32 Å². The number of nitrogens with zero attached hydrogens (tertiary/aromatic N) is 2. The van der Waals surface area contributed by atoms with Crippen LogP contribution in [0.3, 0.4) is 0 Å². The van der Waals surface area contributed by atoms with Crippen LogP contribution in [0, 0.1) is 5.92 Å². The molecule has 100 valence electrons. The molecule has 1 aliphatic rings. The summed E-state index contributed by atoms with van der Waals surface area (Å²) >= 11 is 0. The zero-order valence-electron chi connectivity index (χ0n) is 11.6. The van der Waals surface area contributed by atoms with E-state index in [0.717, 1.165) is 19.4 Å². The zero-order chi connectivity index (χ0) is 13.2. The van der Waals surface area contributed by atoms with Gasteiger partial charge in [-0.25, -0.2) is 0 Å². The molecule has 0 amide bonds. The molecule has 1 aromatic carbocycles. The normalized spacial score (nSPS) is 16.5. The average Bonchev–Trinajstić information content (AvgIpc) is 3.01. The van der Waals surface area contributed by atoms with Crippen LogP contribution in [0.2, 0.25) is 0 Å². The molecule has 3 rings (SSSR count). The summed E-state index contributed by atoms with van der Waals surface area (Å²) in [5, 5.41) is 8.20. The van der Waals surface area contributed by atoms with Crippen molar-refractivity contribution in [1.82, 2.24) is 15.1 Å². The second-order valence-electron chi connectivity index (χ2n) is 5.39. The molecule has 0 fully saturated rings. The number of benzene rings is 1. The summed E-state index contributed by atoms with van der Waals surface area (Å²) in [6.07, 6.45) is 4.34. The summed E-state index contributed by atoms with van der Waals surface area (Å²) in [7, 11) is 1.98. The Kier molecular flexibility index (Phi) is 3.38. The Hall–Kier alpha value is -1.61. The van der Waals surface area contributed by atoms with E-state index >= 15 is 0 Å². The van der Waals surface area contributed by atoms with E-state index in [4.69, 9.17) is 0 Å². The van der Waals surface area contributed by atoms with E-state index in [1.807, 2.05) is 17.9 Å². The van der Waals surface area contributed by atoms with Crippen molar-refractivity contribution in [2.75, 3.05) is 6.54 Å². The lowest BCUT2D eigenvalue weighted by Crippen LogP contribution is -2.29. The Labute approximate surface area is 114 Å². The average molecular weight is 255 g/mol. The molecule has 2 aromatic rings. The standard InChI is InChI=1S/C16H21N3/c1-3-17-16(15-8-9-19(2)18-15)14-10-12-6-4-5-7-13(12)11-14/h4-9,14,16-17H,3,10-11H2,1-2H3. The van der Waals surface area contributed by atoms with E-state index in [1.54, 1.807) is 0 Å². The highest BCUT2D eigenvalue weighted by molar-refractivity contribution is 5.33. The van der Waals surface area contributed by atoms with Crippen molar-refractivity contribution < 1.29 is 0 Å². The number of nitrogens with one attached hydrogen (secondary N) is 1. The Morgan fingerprint density at radius 3 is 2.47 bits per heavy atom. The van der Waals surface area contributed by atoms with E-state index in [2.05, 4.69) is 47.7 Å². The predicted octanol–water partition coefficient (Wildman–Crippen LogP) is 2.49. The van der Waals surface area contributed by atoms with Crippen molar-refractivity contribution in [3.63, 3.8) is 0 Å². The fraction of sp³-hybridized carbons (Fsp3) is 0.438. The van der Waals surface area contributed by atoms with E-state index in [0.29, 0.717) is 12.0 Å². The van der Waals surface area contributed by atoms with Crippen LogP contribution in [0.25, 0.3) is 0 Å². The molecule has 1 N–H and O–H groups in total. The largest absolute Gasteiger partial charge is 0.309 e. The predicted molar refractivity (Wildman–Crippen MR) is 77.0 cm³/mol. The highest BCUT2D eigenvalue weighted by atomic mass is 15.3. The summed E-state index contributed by atoms with van der Waals surface area (Å²) < 4.78 is 1.89. The van der Waals surface area contributed by atoms with Gasteiger partial charge in [-0.15, -0.1) is 0 Å². The van der Waals surface area contributed by atoms with Crippen LogP contribution in [0.4, 0.5) is 0 Å². The molecule has 0 aliphatic heterocycles. The molecule has 1 heterocycles. The highest BCUT2D eigenvalue weighted by Crippen LogP contribution is 2.34. The SMILES string of the molecule is CCNC(c1ccn(C)n1)C1Cc2ccccc2C1. The number of rotatable bonds is 4. The van der Waals surface area contributed by atoms with Gasteiger partial charge in [-0.3, -0.25) is 4.68 Å². The smallest absolute Gasteiger partial charge is 0.0796 e. The van der Waals surface area contributed by atoms with Crippen LogP contribution < -0.4 is 5.32 Å². The van der Waals surface area contributed by atoms with E-state index in [-0.39, 0.29) is 0 Å². The van der Waals surface area contributed by atoms with Gasteiger partial charge in [0.1, 0.15) is 0 Å². The Balaban J connectivity index is 1.83.